The van der Waals surface area contributed by atoms with E-state index in [4.69, 9.17) is 21.2 Å². The fourth-order valence-corrected chi connectivity index (χ4v) is 3.53. The van der Waals surface area contributed by atoms with Gasteiger partial charge in [-0.25, -0.2) is 4.39 Å². The zero-order valence-corrected chi connectivity index (χ0v) is 17.5. The Morgan fingerprint density at radius 1 is 1.30 bits per heavy atom. The molecule has 0 bridgehead atoms. The van der Waals surface area contributed by atoms with Crippen LogP contribution < -0.4 is 0 Å². The van der Waals surface area contributed by atoms with Crippen LogP contribution in [0.4, 0.5) is 4.39 Å². The van der Waals surface area contributed by atoms with Gasteiger partial charge in [-0.15, -0.1) is 6.58 Å². The topological polar surface area (TPSA) is 54.3 Å². The van der Waals surface area contributed by atoms with Crippen LogP contribution in [0.15, 0.2) is 66.3 Å². The molecule has 160 valence electrons. The van der Waals surface area contributed by atoms with Gasteiger partial charge in [0.1, 0.15) is 11.9 Å². The predicted octanol–water partition coefficient (Wildman–Crippen LogP) is 4.04. The van der Waals surface area contributed by atoms with E-state index in [9.17, 15) is 9.50 Å². The molecule has 2 atom stereocenters. The summed E-state index contributed by atoms with van der Waals surface area (Å²) in [7, 11) is 0. The molecule has 1 N–H and O–H groups in total. The number of aliphatic hydroxyl groups excluding tert-OH is 1. The van der Waals surface area contributed by atoms with E-state index in [2.05, 4.69) is 16.6 Å². The molecule has 2 aromatic carbocycles. The molecule has 0 fully saturated rings. The van der Waals surface area contributed by atoms with Crippen LogP contribution in [0.25, 0.3) is 0 Å². The third kappa shape index (κ3) is 6.64. The van der Waals surface area contributed by atoms with Gasteiger partial charge < -0.3 is 14.7 Å². The number of rotatable bonds is 11. The highest BCUT2D eigenvalue weighted by Gasteiger charge is 2.26. The number of hydrogen-bond donors (Lipinski definition) is 1. The molecule has 0 aliphatic carbocycles. The van der Waals surface area contributed by atoms with Crippen molar-refractivity contribution in [3.8, 4) is 0 Å². The fourth-order valence-electron chi connectivity index (χ4n) is 3.34. The summed E-state index contributed by atoms with van der Waals surface area (Å²) in [5.74, 6) is -0.284. The number of benzene rings is 2. The molecule has 30 heavy (non-hydrogen) atoms. The lowest BCUT2D eigenvalue weighted by atomic mass is 10.0. The molecule has 0 unspecified atom stereocenters. The van der Waals surface area contributed by atoms with Gasteiger partial charge in [0.25, 0.3) is 0 Å². The average Bonchev–Trinajstić information content (AvgIpc) is 3.19. The Morgan fingerprint density at radius 3 is 2.80 bits per heavy atom. The highest BCUT2D eigenvalue weighted by atomic mass is 35.5. The first-order chi connectivity index (χ1) is 14.5. The van der Waals surface area contributed by atoms with Crippen LogP contribution in [-0.4, -0.2) is 54.2 Å². The molecular formula is C23H26ClFN2O3. The van der Waals surface area contributed by atoms with E-state index < -0.39 is 6.10 Å². The molecule has 1 aliphatic rings. The Bertz CT molecular complexity index is 860. The quantitative estimate of drug-likeness (QED) is 0.430. The van der Waals surface area contributed by atoms with E-state index >= 15 is 0 Å². The van der Waals surface area contributed by atoms with Gasteiger partial charge in [-0.3, -0.25) is 4.90 Å². The van der Waals surface area contributed by atoms with Crippen molar-refractivity contribution in [1.29, 1.82) is 0 Å². The van der Waals surface area contributed by atoms with Gasteiger partial charge in [0.05, 0.1) is 25.0 Å². The molecule has 3 rings (SSSR count). The Kier molecular flexibility index (Phi) is 8.39. The third-order valence-electron chi connectivity index (χ3n) is 4.74. The molecule has 0 amide bonds. The number of aliphatic hydroxyl groups is 1. The van der Waals surface area contributed by atoms with Gasteiger partial charge in [0.15, 0.2) is 0 Å². The summed E-state index contributed by atoms with van der Waals surface area (Å²) >= 11 is 6.33. The molecule has 0 saturated heterocycles. The molecule has 5 nitrogen and oxygen atoms in total. The first-order valence-electron chi connectivity index (χ1n) is 9.86. The van der Waals surface area contributed by atoms with Crippen LogP contribution in [-0.2, 0) is 16.1 Å². The van der Waals surface area contributed by atoms with Crippen molar-refractivity contribution < 1.29 is 19.1 Å². The Hall–Kier alpha value is -2.25. The minimum Gasteiger partial charge on any atom is -0.390 e. The van der Waals surface area contributed by atoms with Crippen molar-refractivity contribution in [3.05, 3.63) is 83.2 Å². The summed E-state index contributed by atoms with van der Waals surface area (Å²) in [5, 5.41) is 15.2. The lowest BCUT2D eigenvalue weighted by Gasteiger charge is -2.27. The molecule has 0 spiro atoms. The van der Waals surface area contributed by atoms with Gasteiger partial charge >= 0.3 is 0 Å². The summed E-state index contributed by atoms with van der Waals surface area (Å²) in [6.07, 6.45) is 1.42. The van der Waals surface area contributed by atoms with Crippen molar-refractivity contribution in [3.63, 3.8) is 0 Å². The van der Waals surface area contributed by atoms with E-state index in [0.29, 0.717) is 37.7 Å². The summed E-state index contributed by atoms with van der Waals surface area (Å²) in [4.78, 5) is 7.70. The molecule has 1 aliphatic heterocycles. The molecule has 1 heterocycles. The summed E-state index contributed by atoms with van der Waals surface area (Å²) < 4.78 is 18.5. The maximum atomic E-state index is 13.2. The Balaban J connectivity index is 1.62. The molecule has 0 saturated carbocycles. The number of nitrogens with zero attached hydrogens (tertiary/aromatic N) is 2. The number of oxime groups is 1. The van der Waals surface area contributed by atoms with Crippen molar-refractivity contribution in [1.82, 2.24) is 4.90 Å². The molecule has 0 radical (unpaired) electrons. The number of halogens is 2. The van der Waals surface area contributed by atoms with Crippen molar-refractivity contribution >= 4 is 17.3 Å². The lowest BCUT2D eigenvalue weighted by Crippen LogP contribution is -2.39. The van der Waals surface area contributed by atoms with Gasteiger partial charge in [-0.1, -0.05) is 53.2 Å². The number of hydrogen-bond acceptors (Lipinski definition) is 5. The van der Waals surface area contributed by atoms with E-state index in [1.807, 2.05) is 24.3 Å². The summed E-state index contributed by atoms with van der Waals surface area (Å²) in [6.45, 7) is 5.72. The van der Waals surface area contributed by atoms with Crippen LogP contribution in [0, 0.1) is 5.82 Å². The second-order valence-electron chi connectivity index (χ2n) is 7.24. The second-order valence-corrected chi connectivity index (χ2v) is 7.65. The third-order valence-corrected chi connectivity index (χ3v) is 5.11. The van der Waals surface area contributed by atoms with Gasteiger partial charge in [-0.05, 0) is 29.3 Å². The second kappa shape index (κ2) is 11.2. The largest absolute Gasteiger partial charge is 0.390 e. The van der Waals surface area contributed by atoms with Crippen LogP contribution in [0.3, 0.4) is 0 Å². The highest BCUT2D eigenvalue weighted by molar-refractivity contribution is 6.31. The maximum absolute atomic E-state index is 13.2. The number of ether oxygens (including phenoxy) is 1. The smallest absolute Gasteiger partial charge is 0.145 e. The van der Waals surface area contributed by atoms with Crippen molar-refractivity contribution in [2.24, 2.45) is 5.16 Å². The van der Waals surface area contributed by atoms with Crippen LogP contribution >= 0.6 is 11.6 Å². The van der Waals surface area contributed by atoms with Crippen LogP contribution in [0.2, 0.25) is 5.02 Å². The van der Waals surface area contributed by atoms with Gasteiger partial charge in [0.2, 0.25) is 0 Å². The van der Waals surface area contributed by atoms with E-state index in [1.165, 1.54) is 12.1 Å². The minimum atomic E-state index is -0.661. The van der Waals surface area contributed by atoms with Crippen molar-refractivity contribution in [2.75, 3.05) is 26.3 Å². The lowest BCUT2D eigenvalue weighted by molar-refractivity contribution is 0.00337. The predicted molar refractivity (Wildman–Crippen MR) is 116 cm³/mol. The Morgan fingerprint density at radius 2 is 2.07 bits per heavy atom. The zero-order chi connectivity index (χ0) is 21.3. The van der Waals surface area contributed by atoms with E-state index in [-0.39, 0.29) is 18.5 Å². The minimum absolute atomic E-state index is 0.172. The van der Waals surface area contributed by atoms with Gasteiger partial charge in [0, 0.05) is 31.1 Å². The summed E-state index contributed by atoms with van der Waals surface area (Å²) in [6, 6.07) is 13.8. The maximum Gasteiger partial charge on any atom is 0.145 e. The standard InChI is InChI=1S/C23H26ClFN2O3/c1-2-11-29-16-20(28)14-27(13-18-5-3-4-6-22(18)24)15-21-12-23(26-30-21)17-7-9-19(25)10-8-17/h2-10,20-21,28H,1,11-16H2/t20-,21+/m0/s1. The van der Waals surface area contributed by atoms with E-state index in [0.717, 1.165) is 16.8 Å². The van der Waals surface area contributed by atoms with Gasteiger partial charge in [-0.2, -0.15) is 0 Å². The SMILES string of the molecule is C=CCOC[C@@H](O)CN(Cc1ccccc1Cl)C[C@H]1CC(c2ccc(F)cc2)=NO1. The first kappa shape index (κ1) is 22.4. The van der Waals surface area contributed by atoms with Crippen molar-refractivity contribution in [2.45, 2.75) is 25.2 Å². The first-order valence-corrected chi connectivity index (χ1v) is 10.2. The van der Waals surface area contributed by atoms with Crippen LogP contribution in [0.5, 0.6) is 0 Å². The molecule has 0 aromatic heterocycles. The monoisotopic (exact) mass is 432 g/mol. The fraction of sp³-hybridized carbons (Fsp3) is 0.348. The molecular weight excluding hydrogens is 407 g/mol. The summed E-state index contributed by atoms with van der Waals surface area (Å²) in [5.41, 5.74) is 2.60. The highest BCUT2D eigenvalue weighted by Crippen LogP contribution is 2.21. The normalized spacial score (nSPS) is 16.9. The van der Waals surface area contributed by atoms with Crippen LogP contribution in [0.1, 0.15) is 17.5 Å². The average molecular weight is 433 g/mol. The Labute approximate surface area is 181 Å². The molecule has 7 heteroatoms. The van der Waals surface area contributed by atoms with E-state index in [1.54, 1.807) is 18.2 Å². The molecule has 2 aromatic rings. The zero-order valence-electron chi connectivity index (χ0n) is 16.7.